The monoisotopic (exact) mass is 488 g/mol. The fraction of sp³-hybridized carbons (Fsp3) is 0.143. The van der Waals surface area contributed by atoms with Gasteiger partial charge in [0, 0.05) is 22.0 Å². The molecule has 2 aromatic heterocycles. The van der Waals surface area contributed by atoms with Crippen molar-refractivity contribution in [2.45, 2.75) is 17.6 Å². The molecule has 0 unspecified atom stereocenters. The van der Waals surface area contributed by atoms with Gasteiger partial charge in [0.1, 0.15) is 17.8 Å². The third kappa shape index (κ3) is 3.66. The summed E-state index contributed by atoms with van der Waals surface area (Å²) < 4.78 is 38.1. The average molecular weight is 489 g/mol. The van der Waals surface area contributed by atoms with Crippen LogP contribution in [0.3, 0.4) is 0 Å². The van der Waals surface area contributed by atoms with Gasteiger partial charge in [-0.1, -0.05) is 21.1 Å². The Kier molecular flexibility index (Phi) is 5.25. The summed E-state index contributed by atoms with van der Waals surface area (Å²) in [5, 5.41) is 4.28. The fourth-order valence-corrected chi connectivity index (χ4v) is 4.85. The van der Waals surface area contributed by atoms with Crippen LogP contribution in [0.4, 0.5) is 0 Å². The van der Waals surface area contributed by atoms with Crippen LogP contribution < -0.4 is 10.3 Å². The molecule has 9 heteroatoms. The van der Waals surface area contributed by atoms with E-state index >= 15 is 0 Å². The van der Waals surface area contributed by atoms with Crippen molar-refractivity contribution in [3.63, 3.8) is 0 Å². The Morgan fingerprint density at radius 1 is 1.13 bits per heavy atom. The van der Waals surface area contributed by atoms with E-state index in [0.29, 0.717) is 28.0 Å². The van der Waals surface area contributed by atoms with E-state index in [2.05, 4.69) is 21.1 Å². The second-order valence-corrected chi connectivity index (χ2v) is 9.59. The van der Waals surface area contributed by atoms with Crippen LogP contribution >= 0.6 is 15.9 Å². The highest BCUT2D eigenvalue weighted by molar-refractivity contribution is 9.10. The topological polar surface area (TPSA) is 91.4 Å². The zero-order valence-corrected chi connectivity index (χ0v) is 18.5. The summed E-state index contributed by atoms with van der Waals surface area (Å²) in [5.74, 6) is 0.249. The van der Waals surface area contributed by atoms with Gasteiger partial charge in [-0.25, -0.2) is 8.42 Å². The highest BCUT2D eigenvalue weighted by Crippen LogP contribution is 2.31. The van der Waals surface area contributed by atoms with Crippen molar-refractivity contribution in [1.82, 2.24) is 9.72 Å². The Morgan fingerprint density at radius 3 is 2.63 bits per heavy atom. The van der Waals surface area contributed by atoms with Gasteiger partial charge in [-0.2, -0.15) is 0 Å². The summed E-state index contributed by atoms with van der Waals surface area (Å²) in [6.07, 6.45) is 1.33. The van der Waals surface area contributed by atoms with E-state index in [1.165, 1.54) is 36.1 Å². The minimum atomic E-state index is -3.63. The zero-order chi connectivity index (χ0) is 21.5. The maximum absolute atomic E-state index is 12.8. The zero-order valence-electron chi connectivity index (χ0n) is 16.1. The van der Waals surface area contributed by atoms with Crippen LogP contribution in [0, 0.1) is 6.92 Å². The lowest BCUT2D eigenvalue weighted by atomic mass is 10.1. The molecule has 7 nitrogen and oxygen atoms in total. The number of fused-ring (bicyclic) bond motifs is 1. The standard InChI is InChI=1S/C21H17BrN2O5S/c1-13-9-19(20(28-2)11-17(13)22)24-18-5-4-16(10-14(18)3-6-21(24)25)30(26,27)12-15-7-8-29-23-15/h3-11H,12H2,1-2H3. The molecule has 0 amide bonds. The molecule has 2 heterocycles. The summed E-state index contributed by atoms with van der Waals surface area (Å²) in [5.41, 5.74) is 2.16. The summed E-state index contributed by atoms with van der Waals surface area (Å²) in [6.45, 7) is 1.91. The molecule has 0 aliphatic carbocycles. The van der Waals surface area contributed by atoms with Crippen LogP contribution in [0.15, 0.2) is 73.5 Å². The SMILES string of the molecule is COc1cc(Br)c(C)cc1-n1c(=O)ccc2cc(S(=O)(=O)Cc3ccon3)ccc21. The van der Waals surface area contributed by atoms with Crippen molar-refractivity contribution in [3.05, 3.63) is 80.9 Å². The van der Waals surface area contributed by atoms with E-state index in [4.69, 9.17) is 9.26 Å². The second-order valence-electron chi connectivity index (χ2n) is 6.75. The Balaban J connectivity index is 1.89. The minimum Gasteiger partial charge on any atom is -0.495 e. The summed E-state index contributed by atoms with van der Waals surface area (Å²) >= 11 is 3.47. The van der Waals surface area contributed by atoms with Gasteiger partial charge in [-0.3, -0.25) is 9.36 Å². The van der Waals surface area contributed by atoms with Crippen molar-refractivity contribution >= 4 is 36.7 Å². The van der Waals surface area contributed by atoms with E-state index in [1.54, 1.807) is 24.3 Å². The number of halogens is 1. The largest absolute Gasteiger partial charge is 0.495 e. The molecule has 0 aliphatic rings. The lowest BCUT2D eigenvalue weighted by Crippen LogP contribution is -2.18. The Hall–Kier alpha value is -2.91. The number of aryl methyl sites for hydroxylation is 1. The molecule has 4 aromatic rings. The minimum absolute atomic E-state index is 0.141. The van der Waals surface area contributed by atoms with E-state index < -0.39 is 9.84 Å². The molecule has 0 fully saturated rings. The third-order valence-corrected chi connectivity index (χ3v) is 7.26. The first kappa shape index (κ1) is 20.4. The van der Waals surface area contributed by atoms with Crippen LogP contribution in [0.25, 0.3) is 16.6 Å². The predicted octanol–water partition coefficient (Wildman–Crippen LogP) is 4.03. The molecule has 0 aliphatic heterocycles. The number of sulfone groups is 1. The van der Waals surface area contributed by atoms with Gasteiger partial charge < -0.3 is 9.26 Å². The first-order valence-electron chi connectivity index (χ1n) is 8.92. The normalized spacial score (nSPS) is 11.7. The molecule has 0 saturated heterocycles. The van der Waals surface area contributed by atoms with Gasteiger partial charge >= 0.3 is 0 Å². The number of rotatable bonds is 5. The number of nitrogens with zero attached hydrogens (tertiary/aromatic N) is 2. The fourth-order valence-electron chi connectivity index (χ4n) is 3.24. The number of hydrogen-bond donors (Lipinski definition) is 0. The smallest absolute Gasteiger partial charge is 0.255 e. The maximum Gasteiger partial charge on any atom is 0.255 e. The van der Waals surface area contributed by atoms with Gasteiger partial charge in [-0.05, 0) is 48.9 Å². The van der Waals surface area contributed by atoms with Crippen molar-refractivity contribution in [2.24, 2.45) is 0 Å². The lowest BCUT2D eigenvalue weighted by molar-refractivity contribution is 0.412. The Morgan fingerprint density at radius 2 is 1.93 bits per heavy atom. The molecule has 30 heavy (non-hydrogen) atoms. The van der Waals surface area contributed by atoms with E-state index in [-0.39, 0.29) is 16.2 Å². The van der Waals surface area contributed by atoms with Crippen LogP contribution in [-0.2, 0) is 15.6 Å². The molecule has 4 rings (SSSR count). The van der Waals surface area contributed by atoms with Crippen molar-refractivity contribution in [3.8, 4) is 11.4 Å². The van der Waals surface area contributed by atoms with E-state index in [1.807, 2.05) is 13.0 Å². The number of hydrogen-bond acceptors (Lipinski definition) is 6. The van der Waals surface area contributed by atoms with Crippen molar-refractivity contribution in [2.75, 3.05) is 7.11 Å². The predicted molar refractivity (Wildman–Crippen MR) is 116 cm³/mol. The first-order valence-corrected chi connectivity index (χ1v) is 11.4. The highest BCUT2D eigenvalue weighted by Gasteiger charge is 2.19. The van der Waals surface area contributed by atoms with Crippen LogP contribution in [0.5, 0.6) is 5.75 Å². The van der Waals surface area contributed by atoms with Gasteiger partial charge in [0.05, 0.1) is 28.9 Å². The number of ether oxygens (including phenoxy) is 1. The number of benzene rings is 2. The Bertz CT molecular complexity index is 1410. The molecule has 0 bridgehead atoms. The van der Waals surface area contributed by atoms with E-state index in [0.717, 1.165) is 10.0 Å². The van der Waals surface area contributed by atoms with Crippen molar-refractivity contribution < 1.29 is 17.7 Å². The molecule has 154 valence electrons. The highest BCUT2D eigenvalue weighted by atomic mass is 79.9. The number of pyridine rings is 1. The van der Waals surface area contributed by atoms with Gasteiger partial charge in [-0.15, -0.1) is 0 Å². The van der Waals surface area contributed by atoms with Crippen molar-refractivity contribution in [1.29, 1.82) is 0 Å². The second kappa shape index (κ2) is 7.73. The molecule has 0 saturated carbocycles. The molecule has 2 aromatic carbocycles. The van der Waals surface area contributed by atoms with Gasteiger partial charge in [0.25, 0.3) is 5.56 Å². The molecule has 0 radical (unpaired) electrons. The van der Waals surface area contributed by atoms with Gasteiger partial charge in [0.2, 0.25) is 0 Å². The molecular weight excluding hydrogens is 472 g/mol. The summed E-state index contributed by atoms with van der Waals surface area (Å²) in [6, 6.07) is 12.9. The quantitative estimate of drug-likeness (QED) is 0.421. The van der Waals surface area contributed by atoms with Gasteiger partial charge in [0.15, 0.2) is 9.84 Å². The van der Waals surface area contributed by atoms with Crippen LogP contribution in [0.2, 0.25) is 0 Å². The molecule has 0 spiro atoms. The lowest BCUT2D eigenvalue weighted by Gasteiger charge is -2.16. The van der Waals surface area contributed by atoms with Crippen LogP contribution in [-0.4, -0.2) is 25.3 Å². The summed E-state index contributed by atoms with van der Waals surface area (Å²) in [4.78, 5) is 12.9. The number of methoxy groups -OCH3 is 1. The summed E-state index contributed by atoms with van der Waals surface area (Å²) in [7, 11) is -2.10. The van der Waals surface area contributed by atoms with E-state index in [9.17, 15) is 13.2 Å². The third-order valence-electron chi connectivity index (χ3n) is 4.76. The molecule has 0 N–H and O–H groups in total. The average Bonchev–Trinajstić information content (AvgIpc) is 3.21. The maximum atomic E-state index is 12.8. The molecular formula is C21H17BrN2O5S. The first-order chi connectivity index (χ1) is 14.3. The Labute approximate surface area is 180 Å². The van der Waals surface area contributed by atoms with Crippen LogP contribution in [0.1, 0.15) is 11.3 Å². The molecule has 0 atom stereocenters. The number of aromatic nitrogens is 2.